The summed E-state index contributed by atoms with van der Waals surface area (Å²) in [6.07, 6.45) is 10.2. The van der Waals surface area contributed by atoms with Crippen molar-refractivity contribution in [1.29, 1.82) is 0 Å². The van der Waals surface area contributed by atoms with Crippen LogP contribution in [-0.4, -0.2) is 11.5 Å². The van der Waals surface area contributed by atoms with Gasteiger partial charge in [-0.2, -0.15) is 0 Å². The van der Waals surface area contributed by atoms with E-state index < -0.39 is 0 Å². The molecule has 0 bridgehead atoms. The van der Waals surface area contributed by atoms with Crippen LogP contribution < -0.4 is 5.32 Å². The van der Waals surface area contributed by atoms with Crippen molar-refractivity contribution in [3.63, 3.8) is 0 Å². The SMILES string of the molecule is CCNC(c1cccc2ncccc12)C1CCCCCC1. The fourth-order valence-corrected chi connectivity index (χ4v) is 3.79. The Balaban J connectivity index is 1.98. The average molecular weight is 282 g/mol. The standard InChI is InChI=1S/C19H26N2/c1-2-20-19(15-9-5-3-4-6-10-15)17-11-7-13-18-16(17)12-8-14-21-18/h7-8,11-15,19-20H,2-6,9-10H2,1H3. The van der Waals surface area contributed by atoms with Crippen LogP contribution in [-0.2, 0) is 0 Å². The fraction of sp³-hybridized carbons (Fsp3) is 0.526. The Morgan fingerprint density at radius 3 is 2.67 bits per heavy atom. The van der Waals surface area contributed by atoms with Gasteiger partial charge in [0.1, 0.15) is 0 Å². The maximum Gasteiger partial charge on any atom is 0.0705 e. The molecule has 1 aliphatic rings. The lowest BCUT2D eigenvalue weighted by Gasteiger charge is -2.28. The van der Waals surface area contributed by atoms with Crippen molar-refractivity contribution in [2.45, 2.75) is 51.5 Å². The van der Waals surface area contributed by atoms with Gasteiger partial charge in [0.2, 0.25) is 0 Å². The van der Waals surface area contributed by atoms with Crippen LogP contribution in [0.25, 0.3) is 10.9 Å². The van der Waals surface area contributed by atoms with Crippen molar-refractivity contribution in [3.05, 3.63) is 42.1 Å². The molecule has 2 heteroatoms. The summed E-state index contributed by atoms with van der Waals surface area (Å²) in [5.41, 5.74) is 2.56. The van der Waals surface area contributed by atoms with E-state index in [4.69, 9.17) is 0 Å². The van der Waals surface area contributed by atoms with Crippen LogP contribution >= 0.6 is 0 Å². The first-order valence-electron chi connectivity index (χ1n) is 8.47. The quantitative estimate of drug-likeness (QED) is 0.810. The molecule has 21 heavy (non-hydrogen) atoms. The Kier molecular flexibility index (Phi) is 4.87. The van der Waals surface area contributed by atoms with Gasteiger partial charge in [-0.15, -0.1) is 0 Å². The second kappa shape index (κ2) is 7.04. The summed E-state index contributed by atoms with van der Waals surface area (Å²) >= 11 is 0. The second-order valence-corrected chi connectivity index (χ2v) is 6.20. The highest BCUT2D eigenvalue weighted by Crippen LogP contribution is 2.36. The summed E-state index contributed by atoms with van der Waals surface area (Å²) in [6, 6.07) is 11.3. The first kappa shape index (κ1) is 14.5. The second-order valence-electron chi connectivity index (χ2n) is 6.20. The molecule has 0 aliphatic heterocycles. The van der Waals surface area contributed by atoms with Crippen LogP contribution in [0.4, 0.5) is 0 Å². The Hall–Kier alpha value is -1.41. The Bertz CT molecular complexity index is 565. The smallest absolute Gasteiger partial charge is 0.0705 e. The predicted octanol–water partition coefficient (Wildman–Crippen LogP) is 4.86. The average Bonchev–Trinajstić information content (AvgIpc) is 2.81. The third-order valence-electron chi connectivity index (χ3n) is 4.81. The van der Waals surface area contributed by atoms with Gasteiger partial charge in [0.15, 0.2) is 0 Å². The van der Waals surface area contributed by atoms with Crippen LogP contribution in [0.3, 0.4) is 0 Å². The molecular weight excluding hydrogens is 256 g/mol. The summed E-state index contributed by atoms with van der Waals surface area (Å²) in [5.74, 6) is 0.762. The zero-order chi connectivity index (χ0) is 14.5. The first-order valence-corrected chi connectivity index (χ1v) is 8.47. The van der Waals surface area contributed by atoms with Gasteiger partial charge >= 0.3 is 0 Å². The van der Waals surface area contributed by atoms with Crippen molar-refractivity contribution in [1.82, 2.24) is 10.3 Å². The molecule has 0 amide bonds. The van der Waals surface area contributed by atoms with Crippen molar-refractivity contribution in [2.24, 2.45) is 5.92 Å². The normalized spacial score (nSPS) is 18.5. The lowest BCUT2D eigenvalue weighted by Crippen LogP contribution is -2.28. The summed E-state index contributed by atoms with van der Waals surface area (Å²) in [4.78, 5) is 4.52. The van der Waals surface area contributed by atoms with Gasteiger partial charge in [0, 0.05) is 17.6 Å². The number of benzene rings is 1. The van der Waals surface area contributed by atoms with E-state index in [1.165, 1.54) is 49.5 Å². The fourth-order valence-electron chi connectivity index (χ4n) is 3.79. The number of fused-ring (bicyclic) bond motifs is 1. The number of pyridine rings is 1. The number of nitrogens with one attached hydrogen (secondary N) is 1. The maximum absolute atomic E-state index is 4.52. The molecule has 3 rings (SSSR count). The van der Waals surface area contributed by atoms with E-state index in [9.17, 15) is 0 Å². The van der Waals surface area contributed by atoms with Crippen molar-refractivity contribution in [2.75, 3.05) is 6.54 Å². The van der Waals surface area contributed by atoms with Crippen molar-refractivity contribution in [3.8, 4) is 0 Å². The Morgan fingerprint density at radius 1 is 1.10 bits per heavy atom. The van der Waals surface area contributed by atoms with E-state index in [2.05, 4.69) is 47.6 Å². The van der Waals surface area contributed by atoms with Gasteiger partial charge in [-0.1, -0.05) is 50.8 Å². The van der Waals surface area contributed by atoms with Crippen LogP contribution in [0.2, 0.25) is 0 Å². The van der Waals surface area contributed by atoms with E-state index >= 15 is 0 Å². The first-order chi connectivity index (χ1) is 10.4. The largest absolute Gasteiger partial charge is 0.310 e. The minimum absolute atomic E-state index is 0.473. The topological polar surface area (TPSA) is 24.9 Å². The Morgan fingerprint density at radius 2 is 1.90 bits per heavy atom. The van der Waals surface area contributed by atoms with Crippen molar-refractivity contribution < 1.29 is 0 Å². The molecule has 1 atom stereocenters. The molecule has 2 aromatic rings. The van der Waals surface area contributed by atoms with E-state index in [1.807, 2.05) is 6.20 Å². The molecule has 1 N–H and O–H groups in total. The molecule has 1 aromatic carbocycles. The minimum Gasteiger partial charge on any atom is -0.310 e. The van der Waals surface area contributed by atoms with Gasteiger partial charge in [-0.3, -0.25) is 4.98 Å². The lowest BCUT2D eigenvalue weighted by atomic mass is 9.85. The lowest BCUT2D eigenvalue weighted by molar-refractivity contribution is 0.332. The highest BCUT2D eigenvalue weighted by atomic mass is 14.9. The molecule has 0 saturated heterocycles. The molecule has 1 aromatic heterocycles. The summed E-state index contributed by atoms with van der Waals surface area (Å²) in [6.45, 7) is 3.24. The molecule has 1 aliphatic carbocycles. The number of nitrogens with zero attached hydrogens (tertiary/aromatic N) is 1. The maximum atomic E-state index is 4.52. The molecule has 1 heterocycles. The van der Waals surface area contributed by atoms with Crippen LogP contribution in [0.5, 0.6) is 0 Å². The van der Waals surface area contributed by atoms with Gasteiger partial charge in [-0.25, -0.2) is 0 Å². The third kappa shape index (κ3) is 3.26. The van der Waals surface area contributed by atoms with Crippen molar-refractivity contribution >= 4 is 10.9 Å². The highest BCUT2D eigenvalue weighted by Gasteiger charge is 2.24. The third-order valence-corrected chi connectivity index (χ3v) is 4.81. The van der Waals surface area contributed by atoms with Gasteiger partial charge < -0.3 is 5.32 Å². The summed E-state index contributed by atoms with van der Waals surface area (Å²) in [5, 5.41) is 5.08. The number of hydrogen-bond acceptors (Lipinski definition) is 2. The van der Waals surface area contributed by atoms with Gasteiger partial charge in [0.25, 0.3) is 0 Å². The van der Waals surface area contributed by atoms with Crippen LogP contribution in [0.1, 0.15) is 57.1 Å². The molecule has 112 valence electrons. The van der Waals surface area contributed by atoms with Crippen LogP contribution in [0.15, 0.2) is 36.5 Å². The predicted molar refractivity (Wildman–Crippen MR) is 89.4 cm³/mol. The molecule has 1 unspecified atom stereocenters. The van der Waals surface area contributed by atoms with Gasteiger partial charge in [-0.05, 0) is 43.0 Å². The molecule has 2 nitrogen and oxygen atoms in total. The summed E-state index contributed by atoms with van der Waals surface area (Å²) < 4.78 is 0. The zero-order valence-corrected chi connectivity index (χ0v) is 13.0. The molecule has 0 radical (unpaired) electrons. The van der Waals surface area contributed by atoms with Crippen LogP contribution in [0, 0.1) is 5.92 Å². The number of rotatable bonds is 4. The monoisotopic (exact) mass is 282 g/mol. The zero-order valence-electron chi connectivity index (χ0n) is 13.0. The minimum atomic E-state index is 0.473. The summed E-state index contributed by atoms with van der Waals surface area (Å²) in [7, 11) is 0. The number of aromatic nitrogens is 1. The Labute approximate surface area is 128 Å². The molecule has 1 fully saturated rings. The number of hydrogen-bond donors (Lipinski definition) is 1. The van der Waals surface area contributed by atoms with E-state index in [-0.39, 0.29) is 0 Å². The van der Waals surface area contributed by atoms with E-state index in [0.29, 0.717) is 6.04 Å². The van der Waals surface area contributed by atoms with E-state index in [1.54, 1.807) is 0 Å². The van der Waals surface area contributed by atoms with Gasteiger partial charge in [0.05, 0.1) is 5.52 Å². The highest BCUT2D eigenvalue weighted by molar-refractivity contribution is 5.82. The van der Waals surface area contributed by atoms with E-state index in [0.717, 1.165) is 18.0 Å². The molecule has 1 saturated carbocycles. The molecular formula is C19H26N2. The molecule has 0 spiro atoms.